The Balaban J connectivity index is 1.34. The van der Waals surface area contributed by atoms with E-state index in [-0.39, 0.29) is 29.0 Å². The van der Waals surface area contributed by atoms with Crippen molar-refractivity contribution in [2.75, 3.05) is 25.5 Å². The number of carbonyl (C=O) groups is 2. The lowest BCUT2D eigenvalue weighted by Gasteiger charge is -2.43. The van der Waals surface area contributed by atoms with Crippen molar-refractivity contribution in [2.24, 2.45) is 5.92 Å². The molecule has 3 heterocycles. The Morgan fingerprint density at radius 2 is 1.69 bits per heavy atom. The molecule has 5 rings (SSSR count). The number of rotatable bonds is 4. The van der Waals surface area contributed by atoms with Crippen LogP contribution in [0.15, 0.2) is 65.5 Å². The molecule has 176 valence electrons. The van der Waals surface area contributed by atoms with Crippen LogP contribution in [0.1, 0.15) is 44.3 Å². The largest absolute Gasteiger partial charge is 0.497 e. The van der Waals surface area contributed by atoms with E-state index in [2.05, 4.69) is 5.32 Å². The van der Waals surface area contributed by atoms with Crippen LogP contribution in [0, 0.1) is 17.2 Å². The van der Waals surface area contributed by atoms with Crippen molar-refractivity contribution < 1.29 is 14.3 Å². The molecule has 3 aromatic rings. The van der Waals surface area contributed by atoms with Crippen LogP contribution < -0.4 is 15.6 Å². The number of methoxy groups -OCH3 is 1. The van der Waals surface area contributed by atoms with Crippen LogP contribution in [0.4, 0.5) is 5.69 Å². The van der Waals surface area contributed by atoms with E-state index in [9.17, 15) is 14.4 Å². The second-order valence-corrected chi connectivity index (χ2v) is 8.97. The van der Waals surface area contributed by atoms with E-state index >= 15 is 0 Å². The van der Waals surface area contributed by atoms with Gasteiger partial charge < -0.3 is 19.5 Å². The maximum absolute atomic E-state index is 13.2. The van der Waals surface area contributed by atoms with Gasteiger partial charge in [-0.2, -0.15) is 5.26 Å². The minimum absolute atomic E-state index is 0.0237. The van der Waals surface area contributed by atoms with Gasteiger partial charge >= 0.3 is 0 Å². The highest BCUT2D eigenvalue weighted by Gasteiger charge is 2.37. The first-order chi connectivity index (χ1) is 17.0. The molecule has 1 aromatic heterocycles. The maximum Gasteiger partial charge on any atom is 0.274 e. The number of carbonyl (C=O) groups excluding carboxylic acids is 2. The van der Waals surface area contributed by atoms with Crippen molar-refractivity contribution in [1.82, 2.24) is 9.47 Å². The van der Waals surface area contributed by atoms with Gasteiger partial charge in [0.25, 0.3) is 17.4 Å². The Morgan fingerprint density at radius 1 is 0.971 bits per heavy atom. The molecular weight excluding hydrogens is 444 g/mol. The predicted octanol–water partition coefficient (Wildman–Crippen LogP) is 3.24. The summed E-state index contributed by atoms with van der Waals surface area (Å²) in [4.78, 5) is 40.8. The number of nitrogens with zero attached hydrogens (tertiary/aromatic N) is 3. The summed E-state index contributed by atoms with van der Waals surface area (Å²) in [5, 5.41) is 11.6. The molecule has 35 heavy (non-hydrogen) atoms. The van der Waals surface area contributed by atoms with Crippen molar-refractivity contribution in [3.05, 3.63) is 93.4 Å². The molecule has 1 fully saturated rings. The second kappa shape index (κ2) is 9.11. The first-order valence-electron chi connectivity index (χ1n) is 11.5. The highest BCUT2D eigenvalue weighted by Crippen LogP contribution is 2.36. The molecule has 2 unspecified atom stereocenters. The molecule has 2 aliphatic rings. The van der Waals surface area contributed by atoms with E-state index in [0.29, 0.717) is 42.1 Å². The second-order valence-electron chi connectivity index (χ2n) is 8.97. The Morgan fingerprint density at radius 3 is 2.37 bits per heavy atom. The summed E-state index contributed by atoms with van der Waals surface area (Å²) >= 11 is 0. The van der Waals surface area contributed by atoms with E-state index in [1.807, 2.05) is 17.0 Å². The molecule has 2 aliphatic heterocycles. The lowest BCUT2D eigenvalue weighted by molar-refractivity contribution is 0.0594. The highest BCUT2D eigenvalue weighted by atomic mass is 16.5. The molecule has 1 N–H and O–H groups in total. The molecule has 2 aromatic carbocycles. The zero-order valence-corrected chi connectivity index (χ0v) is 19.2. The van der Waals surface area contributed by atoms with Gasteiger partial charge in [-0.1, -0.05) is 0 Å². The first-order valence-corrected chi connectivity index (χ1v) is 11.5. The lowest BCUT2D eigenvalue weighted by Crippen LogP contribution is -2.49. The number of benzene rings is 2. The molecule has 8 heteroatoms. The number of fused-ring (bicyclic) bond motifs is 4. The third kappa shape index (κ3) is 4.28. The quantitative estimate of drug-likeness (QED) is 0.633. The number of nitrogens with one attached hydrogen (secondary N) is 1. The Bertz CT molecular complexity index is 1390. The summed E-state index contributed by atoms with van der Waals surface area (Å²) in [6, 6.07) is 18.9. The van der Waals surface area contributed by atoms with Crippen LogP contribution in [-0.2, 0) is 6.54 Å². The van der Waals surface area contributed by atoms with Gasteiger partial charge in [0.15, 0.2) is 0 Å². The first kappa shape index (κ1) is 22.4. The number of hydrogen-bond acceptors (Lipinski definition) is 5. The smallest absolute Gasteiger partial charge is 0.274 e. The molecular formula is C27H24N4O4. The van der Waals surface area contributed by atoms with Gasteiger partial charge in [-0.25, -0.2) is 0 Å². The summed E-state index contributed by atoms with van der Waals surface area (Å²) in [6.45, 7) is 1.62. The standard InChI is InChI=1S/C27H24N4O4/c1-35-22-8-6-20(7-9-22)26(33)30-14-18-12-21(16-30)24-11-10-23(27(34)31(24)15-18)29-25(32)19-4-2-17(13-28)3-5-19/h2-11,18,21H,12,14-16H2,1H3,(H,29,32). The molecule has 1 saturated heterocycles. The van der Waals surface area contributed by atoms with Crippen LogP contribution in [0.2, 0.25) is 0 Å². The number of pyridine rings is 1. The number of aromatic nitrogens is 1. The summed E-state index contributed by atoms with van der Waals surface area (Å²) in [5.41, 5.74) is 2.30. The zero-order chi connectivity index (χ0) is 24.5. The highest BCUT2D eigenvalue weighted by molar-refractivity contribution is 6.04. The number of nitriles is 1. The van der Waals surface area contributed by atoms with Gasteiger partial charge in [0, 0.05) is 42.4 Å². The minimum Gasteiger partial charge on any atom is -0.497 e. The van der Waals surface area contributed by atoms with Gasteiger partial charge in [0.05, 0.1) is 18.7 Å². The third-order valence-corrected chi connectivity index (χ3v) is 6.75. The molecule has 0 saturated carbocycles. The van der Waals surface area contributed by atoms with Gasteiger partial charge in [-0.3, -0.25) is 14.4 Å². The van der Waals surface area contributed by atoms with E-state index in [0.717, 1.165) is 12.1 Å². The number of hydrogen-bond donors (Lipinski definition) is 1. The van der Waals surface area contributed by atoms with Gasteiger partial charge in [-0.15, -0.1) is 0 Å². The topological polar surface area (TPSA) is 104 Å². The molecule has 2 amide bonds. The van der Waals surface area contributed by atoms with Gasteiger partial charge in [0.2, 0.25) is 0 Å². The van der Waals surface area contributed by atoms with Gasteiger partial charge in [-0.05, 0) is 73.0 Å². The summed E-state index contributed by atoms with van der Waals surface area (Å²) in [7, 11) is 1.59. The summed E-state index contributed by atoms with van der Waals surface area (Å²) in [6.07, 6.45) is 0.919. The molecule has 0 aliphatic carbocycles. The molecule has 2 atom stereocenters. The Kier molecular flexibility index (Phi) is 5.83. The van der Waals surface area contributed by atoms with Crippen molar-refractivity contribution in [1.29, 1.82) is 5.26 Å². The van der Waals surface area contributed by atoms with Crippen LogP contribution in [-0.4, -0.2) is 41.5 Å². The summed E-state index contributed by atoms with van der Waals surface area (Å²) in [5.74, 6) is 0.489. The lowest BCUT2D eigenvalue weighted by atomic mass is 9.83. The maximum atomic E-state index is 13.2. The number of amides is 2. The number of anilines is 1. The van der Waals surface area contributed by atoms with Crippen molar-refractivity contribution in [3.63, 3.8) is 0 Å². The number of piperidine rings is 1. The molecule has 8 nitrogen and oxygen atoms in total. The zero-order valence-electron chi connectivity index (χ0n) is 19.2. The van der Waals surface area contributed by atoms with Crippen LogP contribution >= 0.6 is 0 Å². The van der Waals surface area contributed by atoms with Crippen LogP contribution in [0.5, 0.6) is 5.75 Å². The minimum atomic E-state index is -0.403. The van der Waals surface area contributed by atoms with E-state index in [1.54, 1.807) is 66.3 Å². The molecule has 0 spiro atoms. The Labute approximate surface area is 202 Å². The fourth-order valence-corrected chi connectivity index (χ4v) is 5.01. The van der Waals surface area contributed by atoms with E-state index in [4.69, 9.17) is 10.00 Å². The Hall–Kier alpha value is -4.38. The van der Waals surface area contributed by atoms with Crippen molar-refractivity contribution in [3.8, 4) is 11.8 Å². The average molecular weight is 469 g/mol. The monoisotopic (exact) mass is 468 g/mol. The SMILES string of the molecule is COc1ccc(C(=O)N2CC3CC(C2)c2ccc(NC(=O)c4ccc(C#N)cc4)c(=O)n2C3)cc1. The van der Waals surface area contributed by atoms with Crippen molar-refractivity contribution >= 4 is 17.5 Å². The normalized spacial score (nSPS) is 18.2. The molecule has 2 bridgehead atoms. The predicted molar refractivity (Wildman–Crippen MR) is 130 cm³/mol. The van der Waals surface area contributed by atoms with Crippen LogP contribution in [0.25, 0.3) is 0 Å². The number of likely N-dealkylation sites (tertiary alicyclic amines) is 1. The van der Waals surface area contributed by atoms with Crippen LogP contribution in [0.3, 0.4) is 0 Å². The fourth-order valence-electron chi connectivity index (χ4n) is 5.01. The summed E-state index contributed by atoms with van der Waals surface area (Å²) < 4.78 is 6.92. The molecule has 0 radical (unpaired) electrons. The van der Waals surface area contributed by atoms with Crippen molar-refractivity contribution in [2.45, 2.75) is 18.9 Å². The number of ether oxygens (including phenoxy) is 1. The third-order valence-electron chi connectivity index (χ3n) is 6.75. The fraction of sp³-hybridized carbons (Fsp3) is 0.259. The van der Waals surface area contributed by atoms with Gasteiger partial charge in [0.1, 0.15) is 11.4 Å². The van der Waals surface area contributed by atoms with E-state index in [1.165, 1.54) is 0 Å². The average Bonchev–Trinajstić information content (AvgIpc) is 2.90. The van der Waals surface area contributed by atoms with E-state index < -0.39 is 5.91 Å².